The van der Waals surface area contributed by atoms with Crippen molar-refractivity contribution >= 4 is 37.9 Å². The summed E-state index contributed by atoms with van der Waals surface area (Å²) in [6.45, 7) is 0.652. The Bertz CT molecular complexity index is 993. The molecule has 0 heterocycles. The highest BCUT2D eigenvalue weighted by molar-refractivity contribution is 9.10. The van der Waals surface area contributed by atoms with Gasteiger partial charge in [-0.25, -0.2) is 8.42 Å². The van der Waals surface area contributed by atoms with Crippen molar-refractivity contribution in [2.75, 3.05) is 13.2 Å². The molecule has 6 N–H and O–H groups in total. The normalized spacial score (nSPS) is 12.0. The van der Waals surface area contributed by atoms with Crippen LogP contribution >= 0.6 is 15.9 Å². The summed E-state index contributed by atoms with van der Waals surface area (Å²) < 4.78 is 33.5. The minimum Gasteiger partial charge on any atom is -0.493 e. The standard InChI is InChI=1S/C19H23BrN4O6S/c20-14-4-8-16(9-5-14)31(27,28)24-17(18(25)26)12-13-2-6-15(7-3-13)29-10-1-11-30-23-19(21)22/h2-9,17,24H,1,10-12H2,(H,25,26)(H4,21,22,23). The van der Waals surface area contributed by atoms with E-state index in [4.69, 9.17) is 21.0 Å². The number of aliphatic carboxylic acids is 1. The molecule has 2 rings (SSSR count). The second kappa shape index (κ2) is 11.5. The Morgan fingerprint density at radius 3 is 2.32 bits per heavy atom. The van der Waals surface area contributed by atoms with Gasteiger partial charge in [0.25, 0.3) is 0 Å². The third-order valence-electron chi connectivity index (χ3n) is 3.90. The summed E-state index contributed by atoms with van der Waals surface area (Å²) in [6.07, 6.45) is 0.523. The zero-order valence-corrected chi connectivity index (χ0v) is 18.8. The Hall–Kier alpha value is -2.83. The van der Waals surface area contributed by atoms with Crippen LogP contribution in [-0.2, 0) is 26.1 Å². The molecule has 0 aliphatic heterocycles. The summed E-state index contributed by atoms with van der Waals surface area (Å²) in [5.41, 5.74) is 10.9. The number of rotatable bonds is 12. The lowest BCUT2D eigenvalue weighted by atomic mass is 10.1. The molecule has 0 fully saturated rings. The fourth-order valence-electron chi connectivity index (χ4n) is 2.44. The van der Waals surface area contributed by atoms with Crippen molar-refractivity contribution < 1.29 is 27.9 Å². The molecule has 0 bridgehead atoms. The number of carboxylic acids is 1. The topological polar surface area (TPSA) is 166 Å². The van der Waals surface area contributed by atoms with Crippen LogP contribution in [0.1, 0.15) is 12.0 Å². The molecule has 12 heteroatoms. The Balaban J connectivity index is 1.92. The molecule has 0 radical (unpaired) electrons. The van der Waals surface area contributed by atoms with Crippen LogP contribution in [0, 0.1) is 0 Å². The van der Waals surface area contributed by atoms with Gasteiger partial charge in [0.15, 0.2) is 0 Å². The highest BCUT2D eigenvalue weighted by atomic mass is 79.9. The summed E-state index contributed by atoms with van der Waals surface area (Å²) in [5.74, 6) is -0.856. The Labute approximate surface area is 188 Å². The molecule has 2 aromatic rings. The summed E-state index contributed by atoms with van der Waals surface area (Å²) in [7, 11) is -3.99. The van der Waals surface area contributed by atoms with Crippen molar-refractivity contribution in [1.29, 1.82) is 0 Å². The predicted octanol–water partition coefficient (Wildman–Crippen LogP) is 1.40. The Morgan fingerprint density at radius 2 is 1.74 bits per heavy atom. The monoisotopic (exact) mass is 514 g/mol. The smallest absolute Gasteiger partial charge is 0.322 e. The number of ether oxygens (including phenoxy) is 1. The van der Waals surface area contributed by atoms with Gasteiger partial charge in [-0.2, -0.15) is 4.72 Å². The number of nitrogens with two attached hydrogens (primary N) is 2. The molecule has 10 nitrogen and oxygen atoms in total. The van der Waals surface area contributed by atoms with E-state index in [-0.39, 0.29) is 23.9 Å². The lowest BCUT2D eigenvalue weighted by Gasteiger charge is -2.15. The SMILES string of the molecule is NC(N)=NOCCCOc1ccc(CC(NS(=O)(=O)c2ccc(Br)cc2)C(=O)O)cc1. The van der Waals surface area contributed by atoms with E-state index >= 15 is 0 Å². The van der Waals surface area contributed by atoms with Gasteiger partial charge in [0, 0.05) is 10.9 Å². The van der Waals surface area contributed by atoms with Crippen LogP contribution < -0.4 is 20.9 Å². The van der Waals surface area contributed by atoms with E-state index in [1.807, 2.05) is 0 Å². The van der Waals surface area contributed by atoms with Crippen molar-refractivity contribution in [1.82, 2.24) is 4.72 Å². The van der Waals surface area contributed by atoms with Crippen molar-refractivity contribution in [2.45, 2.75) is 23.8 Å². The van der Waals surface area contributed by atoms with E-state index in [2.05, 4.69) is 25.8 Å². The summed E-state index contributed by atoms with van der Waals surface area (Å²) >= 11 is 3.23. The molecular weight excluding hydrogens is 492 g/mol. The minimum atomic E-state index is -3.99. The van der Waals surface area contributed by atoms with Gasteiger partial charge in [0.05, 0.1) is 11.5 Å². The molecule has 1 atom stereocenters. The van der Waals surface area contributed by atoms with E-state index in [0.717, 1.165) is 0 Å². The van der Waals surface area contributed by atoms with Crippen molar-refractivity contribution in [3.63, 3.8) is 0 Å². The number of halogens is 1. The van der Waals surface area contributed by atoms with E-state index in [1.54, 1.807) is 36.4 Å². The van der Waals surface area contributed by atoms with Crippen LogP contribution in [-0.4, -0.2) is 44.7 Å². The maximum atomic E-state index is 12.5. The maximum absolute atomic E-state index is 12.5. The summed E-state index contributed by atoms with van der Waals surface area (Å²) in [5, 5.41) is 12.9. The zero-order chi connectivity index (χ0) is 22.9. The molecule has 0 aromatic heterocycles. The second-order valence-electron chi connectivity index (χ2n) is 6.37. The second-order valence-corrected chi connectivity index (χ2v) is 9.00. The number of nitrogens with zero attached hydrogens (tertiary/aromatic N) is 1. The molecule has 2 aromatic carbocycles. The molecule has 31 heavy (non-hydrogen) atoms. The molecule has 168 valence electrons. The molecule has 0 spiro atoms. The predicted molar refractivity (Wildman–Crippen MR) is 118 cm³/mol. The first-order chi connectivity index (χ1) is 14.7. The van der Waals surface area contributed by atoms with Gasteiger partial charge in [0.1, 0.15) is 18.4 Å². The Morgan fingerprint density at radius 1 is 1.10 bits per heavy atom. The molecule has 0 saturated carbocycles. The van der Waals surface area contributed by atoms with Gasteiger partial charge in [-0.05, 0) is 53.5 Å². The highest BCUT2D eigenvalue weighted by Crippen LogP contribution is 2.17. The quantitative estimate of drug-likeness (QED) is 0.142. The van der Waals surface area contributed by atoms with Gasteiger partial charge in [0.2, 0.25) is 16.0 Å². The number of hydrogen-bond donors (Lipinski definition) is 4. The lowest BCUT2D eigenvalue weighted by Crippen LogP contribution is -2.42. The highest BCUT2D eigenvalue weighted by Gasteiger charge is 2.25. The minimum absolute atomic E-state index is 0.0190. The number of benzene rings is 2. The number of carboxylic acid groups (broad SMARTS) is 1. The summed E-state index contributed by atoms with van der Waals surface area (Å²) in [4.78, 5) is 16.4. The fourth-order valence-corrected chi connectivity index (χ4v) is 3.89. The Kier molecular flexibility index (Phi) is 9.09. The van der Waals surface area contributed by atoms with Crippen LogP contribution in [0.4, 0.5) is 0 Å². The van der Waals surface area contributed by atoms with Crippen LogP contribution in [0.15, 0.2) is 63.1 Å². The molecule has 0 aliphatic carbocycles. The van der Waals surface area contributed by atoms with E-state index in [9.17, 15) is 18.3 Å². The van der Waals surface area contributed by atoms with Gasteiger partial charge in [-0.1, -0.05) is 28.1 Å². The number of guanidine groups is 1. The van der Waals surface area contributed by atoms with Crippen LogP contribution in [0.2, 0.25) is 0 Å². The summed E-state index contributed by atoms with van der Waals surface area (Å²) in [6, 6.07) is 11.3. The molecule has 1 unspecified atom stereocenters. The molecule has 0 saturated heterocycles. The first-order valence-corrected chi connectivity index (χ1v) is 11.4. The molecule has 0 amide bonds. The molecule has 0 aliphatic rings. The van der Waals surface area contributed by atoms with Crippen molar-refractivity contribution in [3.05, 3.63) is 58.6 Å². The van der Waals surface area contributed by atoms with Crippen LogP contribution in [0.5, 0.6) is 5.75 Å². The zero-order valence-electron chi connectivity index (χ0n) is 16.4. The van der Waals surface area contributed by atoms with Gasteiger partial charge < -0.3 is 26.1 Å². The van der Waals surface area contributed by atoms with E-state index in [0.29, 0.717) is 28.8 Å². The number of carbonyl (C=O) groups is 1. The van der Waals surface area contributed by atoms with Crippen molar-refractivity contribution in [3.8, 4) is 5.75 Å². The number of sulfonamides is 1. The van der Waals surface area contributed by atoms with Crippen LogP contribution in [0.3, 0.4) is 0 Å². The maximum Gasteiger partial charge on any atom is 0.322 e. The van der Waals surface area contributed by atoms with Gasteiger partial charge in [-0.15, -0.1) is 0 Å². The molecular formula is C19H23BrN4O6S. The average molecular weight is 515 g/mol. The van der Waals surface area contributed by atoms with E-state index in [1.165, 1.54) is 12.1 Å². The fraction of sp³-hybridized carbons (Fsp3) is 0.263. The largest absolute Gasteiger partial charge is 0.493 e. The third kappa shape index (κ3) is 8.44. The van der Waals surface area contributed by atoms with Crippen LogP contribution in [0.25, 0.3) is 0 Å². The number of oxime groups is 1. The lowest BCUT2D eigenvalue weighted by molar-refractivity contribution is -0.138. The van der Waals surface area contributed by atoms with Gasteiger partial charge >= 0.3 is 5.97 Å². The number of nitrogens with one attached hydrogen (secondary N) is 1. The van der Waals surface area contributed by atoms with E-state index < -0.39 is 22.0 Å². The third-order valence-corrected chi connectivity index (χ3v) is 5.92. The first-order valence-electron chi connectivity index (χ1n) is 9.11. The van der Waals surface area contributed by atoms with Gasteiger partial charge in [-0.3, -0.25) is 4.79 Å². The van der Waals surface area contributed by atoms with Crippen molar-refractivity contribution in [2.24, 2.45) is 16.6 Å². The first kappa shape index (κ1) is 24.4. The average Bonchev–Trinajstić information content (AvgIpc) is 2.71. The number of hydrogen-bond acceptors (Lipinski definition) is 6.